The number of furan rings is 2. The van der Waals surface area contributed by atoms with Gasteiger partial charge in [0.05, 0.1) is 22.0 Å². The third kappa shape index (κ3) is 4.20. The first kappa shape index (κ1) is 27.9. The van der Waals surface area contributed by atoms with Crippen LogP contribution in [0.5, 0.6) is 0 Å². The van der Waals surface area contributed by atoms with Gasteiger partial charge in [0.2, 0.25) is 0 Å². The zero-order valence-corrected chi connectivity index (χ0v) is 27.1. The lowest BCUT2D eigenvalue weighted by Crippen LogP contribution is -2.00. The number of fused-ring (bicyclic) bond motifs is 10. The summed E-state index contributed by atoms with van der Waals surface area (Å²) in [6.07, 6.45) is 0. The molecule has 4 heterocycles. The van der Waals surface area contributed by atoms with Crippen LogP contribution in [0.15, 0.2) is 167 Å². The fourth-order valence-corrected chi connectivity index (χ4v) is 7.57. The van der Waals surface area contributed by atoms with Gasteiger partial charge < -0.3 is 13.4 Å². The molecule has 0 aliphatic rings. The number of hydrogen-bond acceptors (Lipinski definition) is 5. The third-order valence-corrected chi connectivity index (χ3v) is 9.85. The summed E-state index contributed by atoms with van der Waals surface area (Å²) < 4.78 is 15.3. The molecule has 0 unspecified atom stereocenters. The fourth-order valence-electron chi connectivity index (χ4n) is 7.57. The van der Waals surface area contributed by atoms with Crippen LogP contribution in [0.1, 0.15) is 0 Å². The van der Waals surface area contributed by atoms with E-state index in [-0.39, 0.29) is 0 Å². The lowest BCUT2D eigenvalue weighted by molar-refractivity contribution is 0.669. The van der Waals surface area contributed by atoms with E-state index in [4.69, 9.17) is 23.8 Å². The molecule has 0 spiro atoms. The minimum atomic E-state index is 0.542. The van der Waals surface area contributed by atoms with E-state index in [9.17, 15) is 0 Å². The van der Waals surface area contributed by atoms with E-state index >= 15 is 0 Å². The molecule has 4 aromatic heterocycles. The van der Waals surface area contributed by atoms with Crippen molar-refractivity contribution in [1.29, 1.82) is 0 Å². The van der Waals surface area contributed by atoms with Crippen LogP contribution in [0.4, 0.5) is 0 Å². The van der Waals surface area contributed by atoms with Crippen LogP contribution in [-0.4, -0.2) is 19.5 Å². The monoisotopic (exact) mass is 654 g/mol. The van der Waals surface area contributed by atoms with Gasteiger partial charge in [-0.05, 0) is 60.7 Å². The molecule has 0 aliphatic carbocycles. The van der Waals surface area contributed by atoms with Gasteiger partial charge in [-0.15, -0.1) is 0 Å². The van der Waals surface area contributed by atoms with Gasteiger partial charge in [-0.3, -0.25) is 0 Å². The van der Waals surface area contributed by atoms with Gasteiger partial charge in [0, 0.05) is 43.7 Å². The number of para-hydroxylation sites is 4. The van der Waals surface area contributed by atoms with E-state index in [1.807, 2.05) is 66.7 Å². The average Bonchev–Trinajstić information content (AvgIpc) is 3.87. The molecule has 0 aliphatic heterocycles. The van der Waals surface area contributed by atoms with Crippen LogP contribution < -0.4 is 0 Å². The maximum absolute atomic E-state index is 6.79. The van der Waals surface area contributed by atoms with E-state index in [1.54, 1.807) is 0 Å². The van der Waals surface area contributed by atoms with E-state index < -0.39 is 0 Å². The summed E-state index contributed by atoms with van der Waals surface area (Å²) in [6.45, 7) is 0. The zero-order chi connectivity index (χ0) is 33.5. The largest absolute Gasteiger partial charge is 0.456 e. The number of aromatic nitrogens is 4. The smallest absolute Gasteiger partial charge is 0.167 e. The Morgan fingerprint density at radius 1 is 0.412 bits per heavy atom. The molecule has 7 aromatic carbocycles. The molecule has 0 atom stereocenters. The lowest BCUT2D eigenvalue weighted by Gasteiger charge is -2.09. The van der Waals surface area contributed by atoms with Crippen LogP contribution >= 0.6 is 0 Å². The lowest BCUT2D eigenvalue weighted by atomic mass is 10.1. The van der Waals surface area contributed by atoms with Crippen LogP contribution in [0.2, 0.25) is 0 Å². The summed E-state index contributed by atoms with van der Waals surface area (Å²) in [5.41, 5.74) is 9.15. The predicted molar refractivity (Wildman–Crippen MR) is 205 cm³/mol. The van der Waals surface area contributed by atoms with Gasteiger partial charge in [0.25, 0.3) is 0 Å². The second kappa shape index (κ2) is 10.7. The Balaban J connectivity index is 1.18. The summed E-state index contributed by atoms with van der Waals surface area (Å²) in [5.74, 6) is 1.71. The van der Waals surface area contributed by atoms with Crippen molar-refractivity contribution in [2.45, 2.75) is 0 Å². The Bertz CT molecular complexity index is 3140. The second-order valence-electron chi connectivity index (χ2n) is 12.8. The van der Waals surface area contributed by atoms with Crippen LogP contribution in [0.25, 0.3) is 106 Å². The topological polar surface area (TPSA) is 69.9 Å². The number of benzene rings is 7. The highest BCUT2D eigenvalue weighted by atomic mass is 16.3. The summed E-state index contributed by atoms with van der Waals surface area (Å²) in [4.78, 5) is 15.2. The van der Waals surface area contributed by atoms with Crippen LogP contribution in [-0.2, 0) is 0 Å². The summed E-state index contributed by atoms with van der Waals surface area (Å²) in [5, 5.41) is 6.50. The number of nitrogens with zero attached hydrogens (tertiary/aromatic N) is 4. The molecule has 0 radical (unpaired) electrons. The summed E-state index contributed by atoms with van der Waals surface area (Å²) >= 11 is 0. The molecule has 0 N–H and O–H groups in total. The molecule has 0 saturated carbocycles. The van der Waals surface area contributed by atoms with Gasteiger partial charge in [0.1, 0.15) is 22.3 Å². The fraction of sp³-hybridized carbons (Fsp3) is 0. The van der Waals surface area contributed by atoms with E-state index in [0.717, 1.165) is 77.3 Å². The summed E-state index contributed by atoms with van der Waals surface area (Å²) in [7, 11) is 0. The normalized spacial score (nSPS) is 11.9. The maximum atomic E-state index is 6.79. The Labute approximate surface area is 290 Å². The first-order chi connectivity index (χ1) is 25.3. The van der Waals surface area contributed by atoms with Gasteiger partial charge in [-0.1, -0.05) is 97.1 Å². The van der Waals surface area contributed by atoms with Crippen LogP contribution in [0, 0.1) is 0 Å². The van der Waals surface area contributed by atoms with Crippen molar-refractivity contribution in [3.8, 4) is 39.9 Å². The predicted octanol–water partition coefficient (Wildman–Crippen LogP) is 11.8. The minimum Gasteiger partial charge on any atom is -0.456 e. The van der Waals surface area contributed by atoms with Crippen molar-refractivity contribution < 1.29 is 8.83 Å². The Hall–Kier alpha value is -7.05. The van der Waals surface area contributed by atoms with E-state index in [2.05, 4.69) is 95.6 Å². The quantitative estimate of drug-likeness (QED) is 0.189. The van der Waals surface area contributed by atoms with Crippen molar-refractivity contribution in [2.24, 2.45) is 0 Å². The van der Waals surface area contributed by atoms with Crippen LogP contribution in [0.3, 0.4) is 0 Å². The zero-order valence-electron chi connectivity index (χ0n) is 27.1. The van der Waals surface area contributed by atoms with Gasteiger partial charge in [-0.25, -0.2) is 15.0 Å². The van der Waals surface area contributed by atoms with Gasteiger partial charge in [0.15, 0.2) is 17.5 Å². The molecular formula is C45H26N4O2. The highest BCUT2D eigenvalue weighted by Crippen LogP contribution is 2.43. The molecule has 238 valence electrons. The second-order valence-corrected chi connectivity index (χ2v) is 12.8. The molecule has 0 bridgehead atoms. The Kier molecular flexibility index (Phi) is 5.86. The van der Waals surface area contributed by atoms with Crippen molar-refractivity contribution in [3.63, 3.8) is 0 Å². The molecular weight excluding hydrogens is 629 g/mol. The Morgan fingerprint density at radius 2 is 1.08 bits per heavy atom. The van der Waals surface area contributed by atoms with Crippen molar-refractivity contribution in [3.05, 3.63) is 158 Å². The number of rotatable bonds is 4. The minimum absolute atomic E-state index is 0.542. The molecule has 0 saturated heterocycles. The molecule has 0 amide bonds. The highest BCUT2D eigenvalue weighted by Gasteiger charge is 2.22. The molecule has 11 rings (SSSR count). The highest BCUT2D eigenvalue weighted by molar-refractivity contribution is 6.25. The molecule has 11 aromatic rings. The first-order valence-electron chi connectivity index (χ1n) is 16.9. The van der Waals surface area contributed by atoms with Crippen molar-refractivity contribution >= 4 is 65.7 Å². The Morgan fingerprint density at radius 3 is 1.94 bits per heavy atom. The summed E-state index contributed by atoms with van der Waals surface area (Å²) in [6, 6.07) is 53.8. The molecule has 6 heteroatoms. The maximum Gasteiger partial charge on any atom is 0.167 e. The third-order valence-electron chi connectivity index (χ3n) is 9.85. The molecule has 6 nitrogen and oxygen atoms in total. The SMILES string of the molecule is c1ccc(-c2nc(-c3ccc4oc5ccccc5c4c3)nc(-c3cccc4c3oc3ccc5c6ccccc6n(-c6ccccc6)c5c34)n2)cc1. The molecule has 51 heavy (non-hydrogen) atoms. The standard InChI is InChI=1S/C45H26N4O2/c1-3-12-27(13-4-1)43-46-44(28-22-24-38-35(26-28)31-17-8-10-21-37(31)50-38)48-45(47-43)34-19-11-18-33-40-39(51-42(33)34)25-23-32-30-16-7-9-20-36(30)49(41(32)40)29-14-5-2-6-15-29/h1-26H. The van der Waals surface area contributed by atoms with Gasteiger partial charge >= 0.3 is 0 Å². The van der Waals surface area contributed by atoms with Crippen molar-refractivity contribution in [2.75, 3.05) is 0 Å². The van der Waals surface area contributed by atoms with Crippen molar-refractivity contribution in [1.82, 2.24) is 19.5 Å². The first-order valence-corrected chi connectivity index (χ1v) is 16.9. The van der Waals surface area contributed by atoms with E-state index in [0.29, 0.717) is 17.5 Å². The molecule has 0 fully saturated rings. The van der Waals surface area contributed by atoms with Gasteiger partial charge in [-0.2, -0.15) is 0 Å². The number of hydrogen-bond donors (Lipinski definition) is 0. The average molecular weight is 655 g/mol. The van der Waals surface area contributed by atoms with E-state index in [1.165, 1.54) is 10.8 Å².